The molecule has 0 saturated heterocycles. The van der Waals surface area contributed by atoms with E-state index in [1.807, 2.05) is 0 Å². The Kier molecular flexibility index (Phi) is 5.40. The molecule has 1 amide bonds. The van der Waals surface area contributed by atoms with Gasteiger partial charge >= 0.3 is 0 Å². The van der Waals surface area contributed by atoms with Gasteiger partial charge in [0.2, 0.25) is 15.9 Å². The maximum absolute atomic E-state index is 12.0. The second kappa shape index (κ2) is 6.89. The molecule has 5 nitrogen and oxygen atoms in total. The van der Waals surface area contributed by atoms with Crippen molar-refractivity contribution < 1.29 is 13.2 Å². The van der Waals surface area contributed by atoms with Gasteiger partial charge in [0.05, 0.1) is 6.42 Å². The van der Waals surface area contributed by atoms with E-state index < -0.39 is 10.0 Å². The standard InChI is InChI=1S/C14H22N2O3S2/c1-2-10-4-3-5-11(8-10)16-13(17)9-12-6-7-14(20-12)21(15,18)19/h6-7,10-11H,2-5,8-9H2,1H3,(H,16,17)(H2,15,18,19). The maximum atomic E-state index is 12.0. The number of hydrogen-bond donors (Lipinski definition) is 2. The van der Waals surface area contributed by atoms with Gasteiger partial charge in [0.25, 0.3) is 0 Å². The molecule has 0 aromatic carbocycles. The Balaban J connectivity index is 1.88. The van der Waals surface area contributed by atoms with Crippen LogP contribution in [0.2, 0.25) is 0 Å². The fourth-order valence-electron chi connectivity index (χ4n) is 2.84. The molecule has 1 heterocycles. The molecule has 1 saturated carbocycles. The number of rotatable bonds is 5. The van der Waals surface area contributed by atoms with Gasteiger partial charge in [-0.05, 0) is 30.9 Å². The van der Waals surface area contributed by atoms with Crippen LogP contribution in [-0.4, -0.2) is 20.4 Å². The van der Waals surface area contributed by atoms with E-state index in [0.717, 1.165) is 41.9 Å². The molecular formula is C14H22N2O3S2. The highest BCUT2D eigenvalue weighted by Gasteiger charge is 2.22. The fourth-order valence-corrected chi connectivity index (χ4v) is 4.61. The van der Waals surface area contributed by atoms with E-state index in [0.29, 0.717) is 5.92 Å². The van der Waals surface area contributed by atoms with Gasteiger partial charge in [-0.1, -0.05) is 26.2 Å². The number of thiophene rings is 1. The SMILES string of the molecule is CCC1CCCC(NC(=O)Cc2ccc(S(N)(=O)=O)s2)C1. The first kappa shape index (κ1) is 16.5. The molecule has 1 aromatic heterocycles. The molecular weight excluding hydrogens is 308 g/mol. The molecule has 2 rings (SSSR count). The maximum Gasteiger partial charge on any atom is 0.247 e. The van der Waals surface area contributed by atoms with Crippen molar-refractivity contribution in [3.63, 3.8) is 0 Å². The first-order valence-corrected chi connectivity index (χ1v) is 9.65. The van der Waals surface area contributed by atoms with Crippen LogP contribution in [-0.2, 0) is 21.2 Å². The van der Waals surface area contributed by atoms with E-state index >= 15 is 0 Å². The molecule has 2 unspecified atom stereocenters. The zero-order chi connectivity index (χ0) is 15.5. The van der Waals surface area contributed by atoms with Gasteiger partial charge in [-0.25, -0.2) is 13.6 Å². The molecule has 2 atom stereocenters. The lowest BCUT2D eigenvalue weighted by Gasteiger charge is -2.29. The van der Waals surface area contributed by atoms with Gasteiger partial charge in [-0.2, -0.15) is 0 Å². The molecule has 0 aliphatic heterocycles. The highest BCUT2D eigenvalue weighted by Crippen LogP contribution is 2.27. The Bertz CT molecular complexity index is 595. The first-order valence-electron chi connectivity index (χ1n) is 7.29. The minimum Gasteiger partial charge on any atom is -0.353 e. The summed E-state index contributed by atoms with van der Waals surface area (Å²) in [6.07, 6.45) is 5.89. The van der Waals surface area contributed by atoms with Crippen molar-refractivity contribution in [1.82, 2.24) is 5.32 Å². The second-order valence-electron chi connectivity index (χ2n) is 5.65. The van der Waals surface area contributed by atoms with Gasteiger partial charge in [0.1, 0.15) is 4.21 Å². The molecule has 7 heteroatoms. The molecule has 1 fully saturated rings. The summed E-state index contributed by atoms with van der Waals surface area (Å²) < 4.78 is 22.5. The second-order valence-corrected chi connectivity index (χ2v) is 8.60. The van der Waals surface area contributed by atoms with Gasteiger partial charge < -0.3 is 5.32 Å². The van der Waals surface area contributed by atoms with E-state index in [2.05, 4.69) is 12.2 Å². The number of nitrogens with two attached hydrogens (primary N) is 1. The molecule has 1 aliphatic carbocycles. The zero-order valence-electron chi connectivity index (χ0n) is 12.2. The van der Waals surface area contributed by atoms with Crippen LogP contribution >= 0.6 is 11.3 Å². The summed E-state index contributed by atoms with van der Waals surface area (Å²) in [5.74, 6) is 0.666. The number of amides is 1. The Morgan fingerprint density at radius 2 is 2.19 bits per heavy atom. The van der Waals surface area contributed by atoms with Crippen LogP contribution in [0.5, 0.6) is 0 Å². The Hall–Kier alpha value is -0.920. The number of primary sulfonamides is 1. The summed E-state index contributed by atoms with van der Waals surface area (Å²) in [5, 5.41) is 8.13. The lowest BCUT2D eigenvalue weighted by Crippen LogP contribution is -2.39. The van der Waals surface area contributed by atoms with Crippen LogP contribution in [0.1, 0.15) is 43.9 Å². The molecule has 1 aromatic rings. The Labute approximate surface area is 130 Å². The summed E-state index contributed by atoms with van der Waals surface area (Å²) >= 11 is 1.06. The van der Waals surface area contributed by atoms with Crippen molar-refractivity contribution in [2.75, 3.05) is 0 Å². The fraction of sp³-hybridized carbons (Fsp3) is 0.643. The van der Waals surface area contributed by atoms with E-state index in [1.165, 1.54) is 12.5 Å². The Morgan fingerprint density at radius 3 is 2.81 bits per heavy atom. The monoisotopic (exact) mass is 330 g/mol. The van der Waals surface area contributed by atoms with Crippen molar-refractivity contribution in [3.05, 3.63) is 17.0 Å². The minimum atomic E-state index is -3.67. The summed E-state index contributed by atoms with van der Waals surface area (Å²) in [6.45, 7) is 2.19. The quantitative estimate of drug-likeness (QED) is 0.865. The van der Waals surface area contributed by atoms with Gasteiger partial charge in [-0.3, -0.25) is 4.79 Å². The van der Waals surface area contributed by atoms with Crippen LogP contribution in [0.3, 0.4) is 0 Å². The van der Waals surface area contributed by atoms with E-state index in [9.17, 15) is 13.2 Å². The molecule has 0 bridgehead atoms. The molecule has 118 valence electrons. The zero-order valence-corrected chi connectivity index (χ0v) is 13.8. The summed E-state index contributed by atoms with van der Waals surface area (Å²) in [7, 11) is -3.67. The predicted octanol–water partition coefficient (Wildman–Crippen LogP) is 2.02. The number of nitrogens with one attached hydrogen (secondary N) is 1. The third kappa shape index (κ3) is 4.79. The molecule has 3 N–H and O–H groups in total. The normalized spacial score (nSPS) is 23.0. The van der Waals surface area contributed by atoms with Crippen molar-refractivity contribution >= 4 is 27.3 Å². The van der Waals surface area contributed by atoms with Crippen LogP contribution in [0.15, 0.2) is 16.3 Å². The van der Waals surface area contributed by atoms with Crippen molar-refractivity contribution in [1.29, 1.82) is 0 Å². The largest absolute Gasteiger partial charge is 0.353 e. The van der Waals surface area contributed by atoms with Gasteiger partial charge in [0, 0.05) is 10.9 Å². The smallest absolute Gasteiger partial charge is 0.247 e. The molecule has 1 aliphatic rings. The van der Waals surface area contributed by atoms with E-state index in [4.69, 9.17) is 5.14 Å². The summed E-state index contributed by atoms with van der Waals surface area (Å²) in [4.78, 5) is 12.8. The van der Waals surface area contributed by atoms with E-state index in [1.54, 1.807) is 6.07 Å². The van der Waals surface area contributed by atoms with Crippen molar-refractivity contribution in [2.45, 2.75) is 55.7 Å². The average Bonchev–Trinajstić information content (AvgIpc) is 2.87. The highest BCUT2D eigenvalue weighted by molar-refractivity contribution is 7.91. The Morgan fingerprint density at radius 1 is 1.43 bits per heavy atom. The van der Waals surface area contributed by atoms with Crippen molar-refractivity contribution in [3.8, 4) is 0 Å². The summed E-state index contributed by atoms with van der Waals surface area (Å²) in [6, 6.07) is 3.37. The highest BCUT2D eigenvalue weighted by atomic mass is 32.2. The predicted molar refractivity (Wildman–Crippen MR) is 83.6 cm³/mol. The lowest BCUT2D eigenvalue weighted by atomic mass is 9.84. The van der Waals surface area contributed by atoms with Gasteiger partial charge in [0.15, 0.2) is 0 Å². The van der Waals surface area contributed by atoms with Crippen LogP contribution in [0, 0.1) is 5.92 Å². The first-order chi connectivity index (χ1) is 9.88. The van der Waals surface area contributed by atoms with Crippen LogP contribution in [0.4, 0.5) is 0 Å². The van der Waals surface area contributed by atoms with E-state index in [-0.39, 0.29) is 22.6 Å². The third-order valence-corrected chi connectivity index (χ3v) is 6.50. The number of sulfonamides is 1. The topological polar surface area (TPSA) is 89.3 Å². The number of hydrogen-bond acceptors (Lipinski definition) is 4. The molecule has 0 spiro atoms. The number of carbonyl (C=O) groups is 1. The van der Waals surface area contributed by atoms with Crippen LogP contribution < -0.4 is 10.5 Å². The number of carbonyl (C=O) groups excluding carboxylic acids is 1. The van der Waals surface area contributed by atoms with Crippen molar-refractivity contribution in [2.24, 2.45) is 11.1 Å². The lowest BCUT2D eigenvalue weighted by molar-refractivity contribution is -0.121. The summed E-state index contributed by atoms with van der Waals surface area (Å²) in [5.41, 5.74) is 0. The average molecular weight is 330 g/mol. The van der Waals surface area contributed by atoms with Crippen LogP contribution in [0.25, 0.3) is 0 Å². The van der Waals surface area contributed by atoms with Gasteiger partial charge in [-0.15, -0.1) is 11.3 Å². The minimum absolute atomic E-state index is 0.0421. The molecule has 0 radical (unpaired) electrons. The molecule has 21 heavy (non-hydrogen) atoms. The third-order valence-electron chi connectivity index (χ3n) is 3.98.